The van der Waals surface area contributed by atoms with E-state index in [-0.39, 0.29) is 5.91 Å². The van der Waals surface area contributed by atoms with Crippen molar-refractivity contribution in [3.05, 3.63) is 12.4 Å². The fourth-order valence-electron chi connectivity index (χ4n) is 3.88. The summed E-state index contributed by atoms with van der Waals surface area (Å²) in [5.74, 6) is 0.866. The summed E-state index contributed by atoms with van der Waals surface area (Å²) in [7, 11) is 1.86. The molecule has 0 bridgehead atoms. The van der Waals surface area contributed by atoms with E-state index in [0.29, 0.717) is 32.3 Å². The highest BCUT2D eigenvalue weighted by Gasteiger charge is 2.27. The Labute approximate surface area is 167 Å². The second kappa shape index (κ2) is 10.5. The quantitative estimate of drug-likeness (QED) is 0.347. The van der Waals surface area contributed by atoms with E-state index in [0.717, 1.165) is 24.7 Å². The minimum atomic E-state index is 0.0690. The normalized spacial score (nSPS) is 19.8. The Morgan fingerprint density at radius 2 is 2.07 bits per heavy atom. The highest BCUT2D eigenvalue weighted by atomic mass is 16.5. The first-order chi connectivity index (χ1) is 13.7. The molecule has 1 aliphatic carbocycles. The number of aliphatic imine (C=N–C) groups is 1. The van der Waals surface area contributed by atoms with E-state index in [4.69, 9.17) is 9.73 Å². The van der Waals surface area contributed by atoms with Crippen molar-refractivity contribution in [2.45, 2.75) is 51.6 Å². The number of amides is 1. The van der Waals surface area contributed by atoms with Gasteiger partial charge < -0.3 is 19.9 Å². The number of aryl methyl sites for hydroxylation is 1. The summed E-state index contributed by atoms with van der Waals surface area (Å²) in [5.41, 5.74) is 0.853. The molecular formula is C20H34N6O2. The molecule has 2 aliphatic rings. The summed E-state index contributed by atoms with van der Waals surface area (Å²) in [5, 5.41) is 7.48. The van der Waals surface area contributed by atoms with Crippen molar-refractivity contribution in [2.75, 3.05) is 44.2 Å². The van der Waals surface area contributed by atoms with Crippen molar-refractivity contribution in [1.82, 2.24) is 20.0 Å². The van der Waals surface area contributed by atoms with Crippen LogP contribution in [0.4, 0.5) is 5.69 Å². The second-order valence-corrected chi connectivity index (χ2v) is 7.56. The summed E-state index contributed by atoms with van der Waals surface area (Å²) >= 11 is 0. The Balaban J connectivity index is 1.50. The van der Waals surface area contributed by atoms with E-state index in [9.17, 15) is 4.79 Å². The maximum absolute atomic E-state index is 12.6. The number of hydrogen-bond acceptors (Lipinski definition) is 4. The maximum atomic E-state index is 12.6. The lowest BCUT2D eigenvalue weighted by molar-refractivity contribution is -0.120. The molecule has 1 aromatic heterocycles. The highest BCUT2D eigenvalue weighted by molar-refractivity contribution is 5.98. The average molecular weight is 391 g/mol. The standard InChI is InChI=1S/C20H34N6O2/c1-3-21-20(22-10-13-28-18-8-6-4-5-7-9-18)25-11-12-26(19(27)16-25)17-14-23-24(2)15-17/h14-15,18H,3-13,16H2,1-2H3,(H,21,22). The zero-order valence-electron chi connectivity index (χ0n) is 17.3. The monoisotopic (exact) mass is 390 g/mol. The summed E-state index contributed by atoms with van der Waals surface area (Å²) in [6.07, 6.45) is 11.6. The molecule has 1 saturated heterocycles. The van der Waals surface area contributed by atoms with Gasteiger partial charge in [-0.25, -0.2) is 0 Å². The van der Waals surface area contributed by atoms with Crippen LogP contribution in [0.15, 0.2) is 17.4 Å². The topological polar surface area (TPSA) is 75.0 Å². The van der Waals surface area contributed by atoms with Gasteiger partial charge in [-0.05, 0) is 19.8 Å². The SMILES string of the molecule is CCNC(=NCCOC1CCCCCC1)N1CCN(c2cnn(C)c2)C(=O)C1. The minimum Gasteiger partial charge on any atom is -0.376 e. The molecule has 1 amide bonds. The van der Waals surface area contributed by atoms with Crippen LogP contribution in [0.2, 0.25) is 0 Å². The van der Waals surface area contributed by atoms with Gasteiger partial charge in [-0.1, -0.05) is 25.7 Å². The third kappa shape index (κ3) is 5.70. The predicted octanol–water partition coefficient (Wildman–Crippen LogP) is 1.77. The van der Waals surface area contributed by atoms with Crippen molar-refractivity contribution in [2.24, 2.45) is 12.0 Å². The number of rotatable bonds is 6. The molecule has 0 unspecified atom stereocenters. The summed E-state index contributed by atoms with van der Waals surface area (Å²) in [6, 6.07) is 0. The van der Waals surface area contributed by atoms with Crippen molar-refractivity contribution >= 4 is 17.6 Å². The van der Waals surface area contributed by atoms with Crippen molar-refractivity contribution < 1.29 is 9.53 Å². The van der Waals surface area contributed by atoms with Crippen LogP contribution in [0, 0.1) is 0 Å². The smallest absolute Gasteiger partial charge is 0.246 e. The molecule has 1 aliphatic heterocycles. The van der Waals surface area contributed by atoms with Gasteiger partial charge in [0.1, 0.15) is 6.54 Å². The molecule has 2 fully saturated rings. The van der Waals surface area contributed by atoms with Gasteiger partial charge in [-0.2, -0.15) is 5.10 Å². The first-order valence-electron chi connectivity index (χ1n) is 10.6. The number of aromatic nitrogens is 2. The van der Waals surface area contributed by atoms with Gasteiger partial charge in [-0.15, -0.1) is 0 Å². The molecule has 28 heavy (non-hydrogen) atoms. The van der Waals surface area contributed by atoms with Gasteiger partial charge in [0.25, 0.3) is 0 Å². The maximum Gasteiger partial charge on any atom is 0.246 e. The van der Waals surface area contributed by atoms with Crippen molar-refractivity contribution in [3.63, 3.8) is 0 Å². The summed E-state index contributed by atoms with van der Waals surface area (Å²) in [6.45, 7) is 5.79. The van der Waals surface area contributed by atoms with Crippen molar-refractivity contribution in [3.8, 4) is 0 Å². The van der Waals surface area contributed by atoms with Crippen LogP contribution in [0.5, 0.6) is 0 Å². The Hall–Kier alpha value is -2.09. The second-order valence-electron chi connectivity index (χ2n) is 7.56. The number of anilines is 1. The number of nitrogens with one attached hydrogen (secondary N) is 1. The molecule has 0 spiro atoms. The van der Waals surface area contributed by atoms with Crippen LogP contribution in [0.1, 0.15) is 45.4 Å². The van der Waals surface area contributed by atoms with Crippen LogP contribution >= 0.6 is 0 Å². The van der Waals surface area contributed by atoms with Crippen LogP contribution in [0.25, 0.3) is 0 Å². The van der Waals surface area contributed by atoms with Gasteiger partial charge >= 0.3 is 0 Å². The lowest BCUT2D eigenvalue weighted by Gasteiger charge is -2.35. The number of guanidine groups is 1. The van der Waals surface area contributed by atoms with E-state index in [1.54, 1.807) is 15.8 Å². The van der Waals surface area contributed by atoms with E-state index >= 15 is 0 Å². The molecule has 1 N–H and O–H groups in total. The zero-order chi connectivity index (χ0) is 19.8. The van der Waals surface area contributed by atoms with Crippen LogP contribution < -0.4 is 10.2 Å². The summed E-state index contributed by atoms with van der Waals surface area (Å²) < 4.78 is 7.76. The third-order valence-corrected chi connectivity index (χ3v) is 5.37. The minimum absolute atomic E-state index is 0.0690. The fraction of sp³-hybridized carbons (Fsp3) is 0.750. The molecule has 2 heterocycles. The predicted molar refractivity (Wildman–Crippen MR) is 111 cm³/mol. The van der Waals surface area contributed by atoms with Crippen LogP contribution in [-0.2, 0) is 16.6 Å². The molecule has 8 nitrogen and oxygen atoms in total. The Morgan fingerprint density at radius 3 is 2.71 bits per heavy atom. The number of ether oxygens (including phenoxy) is 1. The Kier molecular flexibility index (Phi) is 7.71. The highest BCUT2D eigenvalue weighted by Crippen LogP contribution is 2.19. The lowest BCUT2D eigenvalue weighted by Crippen LogP contribution is -2.55. The number of hydrogen-bond donors (Lipinski definition) is 1. The molecular weight excluding hydrogens is 356 g/mol. The van der Waals surface area contributed by atoms with E-state index in [1.165, 1.54) is 38.5 Å². The molecule has 0 radical (unpaired) electrons. The molecule has 8 heteroatoms. The number of nitrogens with zero attached hydrogens (tertiary/aromatic N) is 5. The zero-order valence-corrected chi connectivity index (χ0v) is 17.3. The number of carbonyl (C=O) groups excluding carboxylic acids is 1. The Bertz CT molecular complexity index is 651. The first-order valence-corrected chi connectivity index (χ1v) is 10.6. The van der Waals surface area contributed by atoms with E-state index in [1.807, 2.05) is 25.1 Å². The molecule has 156 valence electrons. The van der Waals surface area contributed by atoms with Gasteiger partial charge in [0.05, 0.1) is 31.1 Å². The van der Waals surface area contributed by atoms with Gasteiger partial charge in [0.2, 0.25) is 5.91 Å². The first kappa shape index (κ1) is 20.6. The van der Waals surface area contributed by atoms with Gasteiger partial charge in [-0.3, -0.25) is 14.5 Å². The molecule has 3 rings (SSSR count). The third-order valence-electron chi connectivity index (χ3n) is 5.37. The lowest BCUT2D eigenvalue weighted by atomic mass is 10.1. The Morgan fingerprint density at radius 1 is 1.29 bits per heavy atom. The number of piperazine rings is 1. The molecule has 1 aromatic rings. The van der Waals surface area contributed by atoms with Gasteiger partial charge in [0.15, 0.2) is 5.96 Å². The largest absolute Gasteiger partial charge is 0.376 e. The van der Waals surface area contributed by atoms with Crippen LogP contribution in [0.3, 0.4) is 0 Å². The van der Waals surface area contributed by atoms with E-state index < -0.39 is 0 Å². The average Bonchev–Trinajstić information content (AvgIpc) is 2.95. The fourth-order valence-corrected chi connectivity index (χ4v) is 3.88. The van der Waals surface area contributed by atoms with Crippen molar-refractivity contribution in [1.29, 1.82) is 0 Å². The van der Waals surface area contributed by atoms with Gasteiger partial charge in [0, 0.05) is 32.9 Å². The number of carbonyl (C=O) groups is 1. The summed E-state index contributed by atoms with van der Waals surface area (Å²) in [4.78, 5) is 21.2. The molecule has 0 atom stereocenters. The molecule has 1 saturated carbocycles. The molecule has 0 aromatic carbocycles. The van der Waals surface area contributed by atoms with Crippen LogP contribution in [-0.4, -0.2) is 72.0 Å². The van der Waals surface area contributed by atoms with E-state index in [2.05, 4.69) is 10.4 Å².